The minimum absolute atomic E-state index is 0.0345. The highest BCUT2D eigenvalue weighted by Gasteiger charge is 2.07. The van der Waals surface area contributed by atoms with Gasteiger partial charge in [0.1, 0.15) is 10.8 Å². The van der Waals surface area contributed by atoms with Crippen molar-refractivity contribution in [2.24, 2.45) is 0 Å². The van der Waals surface area contributed by atoms with E-state index in [9.17, 15) is 4.39 Å². The Bertz CT molecular complexity index is 725. The molecule has 0 saturated heterocycles. The van der Waals surface area contributed by atoms with Gasteiger partial charge in [0.05, 0.1) is 0 Å². The topological polar surface area (TPSA) is 24.9 Å². The van der Waals surface area contributed by atoms with Crippen molar-refractivity contribution < 1.29 is 4.39 Å². The van der Waals surface area contributed by atoms with Gasteiger partial charge >= 0.3 is 0 Å². The highest BCUT2D eigenvalue weighted by molar-refractivity contribution is 7.13. The van der Waals surface area contributed by atoms with Crippen molar-refractivity contribution in [2.45, 2.75) is 13.0 Å². The molecule has 1 N–H and O–H groups in total. The summed E-state index contributed by atoms with van der Waals surface area (Å²) < 4.78 is 13.3. The van der Waals surface area contributed by atoms with Crippen LogP contribution in [0.5, 0.6) is 0 Å². The lowest BCUT2D eigenvalue weighted by Crippen LogP contribution is -2.06. The second-order valence-electron chi connectivity index (χ2n) is 4.84. The van der Waals surface area contributed by atoms with E-state index >= 15 is 0 Å². The van der Waals surface area contributed by atoms with Gasteiger partial charge in [-0.25, -0.2) is 9.37 Å². The van der Waals surface area contributed by atoms with Crippen LogP contribution in [0.1, 0.15) is 18.5 Å². The smallest absolute Gasteiger partial charge is 0.123 e. The third-order valence-electron chi connectivity index (χ3n) is 3.27. The number of hydrogen-bond donors (Lipinski definition) is 1. The van der Waals surface area contributed by atoms with Crippen molar-refractivity contribution in [1.82, 2.24) is 4.98 Å². The highest BCUT2D eigenvalue weighted by Crippen LogP contribution is 2.26. The molecule has 3 rings (SSSR count). The van der Waals surface area contributed by atoms with E-state index in [-0.39, 0.29) is 11.9 Å². The Kier molecular flexibility index (Phi) is 3.97. The van der Waals surface area contributed by atoms with Gasteiger partial charge in [-0.05, 0) is 36.8 Å². The molecule has 21 heavy (non-hydrogen) atoms. The number of aromatic nitrogens is 1. The maximum atomic E-state index is 13.3. The predicted octanol–water partition coefficient (Wildman–Crippen LogP) is 5.12. The lowest BCUT2D eigenvalue weighted by Gasteiger charge is -2.16. The zero-order chi connectivity index (χ0) is 14.7. The van der Waals surface area contributed by atoms with Crippen molar-refractivity contribution >= 4 is 17.0 Å². The first-order valence-corrected chi connectivity index (χ1v) is 7.62. The average molecular weight is 298 g/mol. The van der Waals surface area contributed by atoms with Crippen LogP contribution < -0.4 is 5.32 Å². The third-order valence-corrected chi connectivity index (χ3v) is 4.10. The summed E-state index contributed by atoms with van der Waals surface area (Å²) in [6, 6.07) is 14.8. The Labute approximate surface area is 127 Å². The largest absolute Gasteiger partial charge is 0.379 e. The van der Waals surface area contributed by atoms with Gasteiger partial charge in [-0.1, -0.05) is 24.3 Å². The van der Waals surface area contributed by atoms with E-state index in [1.807, 2.05) is 36.6 Å². The van der Waals surface area contributed by atoms with Crippen LogP contribution in [0.15, 0.2) is 60.1 Å². The Morgan fingerprint density at radius 1 is 1.14 bits per heavy atom. The Hall–Kier alpha value is -2.20. The number of rotatable bonds is 4. The first-order valence-electron chi connectivity index (χ1n) is 6.74. The lowest BCUT2D eigenvalue weighted by atomic mass is 10.1. The summed E-state index contributed by atoms with van der Waals surface area (Å²) in [4.78, 5) is 4.32. The van der Waals surface area contributed by atoms with Crippen molar-refractivity contribution in [3.05, 3.63) is 71.5 Å². The van der Waals surface area contributed by atoms with Crippen molar-refractivity contribution in [3.63, 3.8) is 0 Å². The zero-order valence-corrected chi connectivity index (χ0v) is 12.4. The van der Waals surface area contributed by atoms with Gasteiger partial charge in [0.15, 0.2) is 0 Å². The van der Waals surface area contributed by atoms with E-state index in [1.54, 1.807) is 29.7 Å². The van der Waals surface area contributed by atoms with Crippen LogP contribution in [0.2, 0.25) is 0 Å². The third kappa shape index (κ3) is 3.28. The lowest BCUT2D eigenvalue weighted by molar-refractivity contribution is 0.623. The molecule has 2 aromatic carbocycles. The number of benzene rings is 2. The Balaban J connectivity index is 1.80. The maximum Gasteiger partial charge on any atom is 0.123 e. The van der Waals surface area contributed by atoms with Crippen molar-refractivity contribution in [3.8, 4) is 10.6 Å². The number of hydrogen-bond acceptors (Lipinski definition) is 3. The first-order chi connectivity index (χ1) is 10.2. The van der Waals surface area contributed by atoms with E-state index in [1.165, 1.54) is 6.07 Å². The molecule has 0 saturated carbocycles. The SMILES string of the molecule is CC(Nc1cccc(-c2nccs2)c1)c1cccc(F)c1. The molecule has 0 aliphatic rings. The molecule has 2 nitrogen and oxygen atoms in total. The Morgan fingerprint density at radius 3 is 2.76 bits per heavy atom. The summed E-state index contributed by atoms with van der Waals surface area (Å²) in [5.41, 5.74) is 3.01. The van der Waals surface area contributed by atoms with Crippen molar-refractivity contribution in [1.29, 1.82) is 0 Å². The monoisotopic (exact) mass is 298 g/mol. The standard InChI is InChI=1S/C17H15FN2S/c1-12(13-4-2-6-15(18)10-13)20-16-7-3-5-14(11-16)17-19-8-9-21-17/h2-12,20H,1H3. The van der Waals surface area contributed by atoms with E-state index < -0.39 is 0 Å². The summed E-state index contributed by atoms with van der Waals surface area (Å²) in [5.74, 6) is -0.210. The average Bonchev–Trinajstić information content (AvgIpc) is 3.02. The molecule has 1 atom stereocenters. The summed E-state index contributed by atoms with van der Waals surface area (Å²) in [7, 11) is 0. The summed E-state index contributed by atoms with van der Waals surface area (Å²) in [6.45, 7) is 2.02. The van der Waals surface area contributed by atoms with E-state index in [0.717, 1.165) is 21.8 Å². The molecule has 0 bridgehead atoms. The summed E-state index contributed by atoms with van der Waals surface area (Å²) >= 11 is 1.61. The number of halogens is 1. The Morgan fingerprint density at radius 2 is 2.00 bits per heavy atom. The molecule has 3 aromatic rings. The fourth-order valence-corrected chi connectivity index (χ4v) is 2.85. The minimum atomic E-state index is -0.210. The molecule has 4 heteroatoms. The van der Waals surface area contributed by atoms with E-state index in [0.29, 0.717) is 0 Å². The van der Waals surface area contributed by atoms with Crippen molar-refractivity contribution in [2.75, 3.05) is 5.32 Å². The second-order valence-corrected chi connectivity index (χ2v) is 5.73. The van der Waals surface area contributed by atoms with Gasteiger partial charge in [-0.3, -0.25) is 0 Å². The second kappa shape index (κ2) is 6.06. The fraction of sp³-hybridized carbons (Fsp3) is 0.118. The van der Waals surface area contributed by atoms with Gasteiger partial charge in [-0.15, -0.1) is 11.3 Å². The molecule has 0 amide bonds. The van der Waals surface area contributed by atoms with Gasteiger partial charge < -0.3 is 5.32 Å². The van der Waals surface area contributed by atoms with Gasteiger partial charge in [0.25, 0.3) is 0 Å². The maximum absolute atomic E-state index is 13.3. The molecular weight excluding hydrogens is 283 g/mol. The zero-order valence-electron chi connectivity index (χ0n) is 11.6. The highest BCUT2D eigenvalue weighted by atomic mass is 32.1. The van der Waals surface area contributed by atoms with Crippen LogP contribution in [0.25, 0.3) is 10.6 Å². The molecular formula is C17H15FN2S. The molecule has 106 valence electrons. The summed E-state index contributed by atoms with van der Waals surface area (Å²) in [6.07, 6.45) is 1.80. The number of anilines is 1. The first kappa shape index (κ1) is 13.8. The molecule has 0 fully saturated rings. The van der Waals surface area contributed by atoms with E-state index in [2.05, 4.69) is 16.4 Å². The molecule has 0 aliphatic heterocycles. The van der Waals surface area contributed by atoms with Crippen LogP contribution in [0.3, 0.4) is 0 Å². The molecule has 1 aromatic heterocycles. The number of nitrogens with one attached hydrogen (secondary N) is 1. The van der Waals surface area contributed by atoms with Crippen LogP contribution in [0.4, 0.5) is 10.1 Å². The minimum Gasteiger partial charge on any atom is -0.379 e. The molecule has 0 spiro atoms. The predicted molar refractivity (Wildman–Crippen MR) is 86.0 cm³/mol. The molecule has 1 unspecified atom stereocenters. The van der Waals surface area contributed by atoms with Gasteiger partial charge in [0.2, 0.25) is 0 Å². The summed E-state index contributed by atoms with van der Waals surface area (Å²) in [5, 5.41) is 6.36. The normalized spacial score (nSPS) is 12.1. The fourth-order valence-electron chi connectivity index (χ4n) is 2.22. The van der Waals surface area contributed by atoms with E-state index in [4.69, 9.17) is 0 Å². The van der Waals surface area contributed by atoms with Crippen LogP contribution >= 0.6 is 11.3 Å². The van der Waals surface area contributed by atoms with Crippen LogP contribution in [0, 0.1) is 5.82 Å². The molecule has 0 radical (unpaired) electrons. The number of nitrogens with zero attached hydrogens (tertiary/aromatic N) is 1. The molecule has 0 aliphatic carbocycles. The molecule has 1 heterocycles. The quantitative estimate of drug-likeness (QED) is 0.723. The van der Waals surface area contributed by atoms with Crippen LogP contribution in [-0.2, 0) is 0 Å². The number of thiazole rings is 1. The van der Waals surface area contributed by atoms with Gasteiger partial charge in [-0.2, -0.15) is 0 Å². The van der Waals surface area contributed by atoms with Crippen LogP contribution in [-0.4, -0.2) is 4.98 Å². The van der Waals surface area contributed by atoms with Gasteiger partial charge in [0, 0.05) is 28.9 Å².